The summed E-state index contributed by atoms with van der Waals surface area (Å²) in [6.07, 6.45) is 6.99. The Morgan fingerprint density at radius 3 is 2.00 bits per heavy atom. The van der Waals surface area contributed by atoms with Crippen molar-refractivity contribution in [3.8, 4) is 0 Å². The summed E-state index contributed by atoms with van der Waals surface area (Å²) in [5, 5.41) is 0. The molecule has 2 rings (SSSR count). The topological polar surface area (TPSA) is 6.48 Å². The highest BCUT2D eigenvalue weighted by molar-refractivity contribution is 4.94. The second-order valence-electron chi connectivity index (χ2n) is 4.39. The lowest BCUT2D eigenvalue weighted by Gasteiger charge is -2.47. The Kier molecular flexibility index (Phi) is 2.13. The molecule has 0 radical (unpaired) electrons. The molecule has 0 aromatic heterocycles. The highest BCUT2D eigenvalue weighted by Gasteiger charge is 2.42. The summed E-state index contributed by atoms with van der Waals surface area (Å²) in [5.41, 5.74) is 0.457. The predicted molar refractivity (Wildman–Crippen MR) is 51.1 cm³/mol. The molecule has 2 fully saturated rings. The molecule has 0 aliphatic carbocycles. The van der Waals surface area contributed by atoms with E-state index in [2.05, 4.69) is 23.9 Å². The van der Waals surface area contributed by atoms with Crippen LogP contribution in [0.1, 0.15) is 32.1 Å². The number of hydrogen-bond acceptors (Lipinski definition) is 2. The Bertz CT molecular complexity index is 169. The van der Waals surface area contributed by atoms with E-state index in [0.29, 0.717) is 5.66 Å². The fraction of sp³-hybridized carbons (Fsp3) is 1.00. The molecule has 70 valence electrons. The van der Waals surface area contributed by atoms with Crippen molar-refractivity contribution in [2.45, 2.75) is 37.8 Å². The maximum Gasteiger partial charge on any atom is 0.0733 e. The van der Waals surface area contributed by atoms with Gasteiger partial charge in [0.2, 0.25) is 0 Å². The van der Waals surface area contributed by atoms with E-state index in [4.69, 9.17) is 0 Å². The van der Waals surface area contributed by atoms with Crippen LogP contribution in [0.4, 0.5) is 0 Å². The van der Waals surface area contributed by atoms with Crippen LogP contribution in [0.15, 0.2) is 0 Å². The molecule has 2 saturated heterocycles. The fourth-order valence-electron chi connectivity index (χ4n) is 2.95. The molecule has 1 spiro atoms. The second-order valence-corrected chi connectivity index (χ2v) is 4.39. The third kappa shape index (κ3) is 1.09. The maximum absolute atomic E-state index is 2.57. The first-order valence-corrected chi connectivity index (χ1v) is 5.18. The Morgan fingerprint density at radius 2 is 1.42 bits per heavy atom. The van der Waals surface area contributed by atoms with Crippen molar-refractivity contribution in [3.63, 3.8) is 0 Å². The number of likely N-dealkylation sites (tertiary alicyclic amines) is 2. The van der Waals surface area contributed by atoms with Gasteiger partial charge < -0.3 is 0 Å². The quantitative estimate of drug-likeness (QED) is 0.541. The van der Waals surface area contributed by atoms with Gasteiger partial charge in [-0.15, -0.1) is 0 Å². The fourth-order valence-corrected chi connectivity index (χ4v) is 2.95. The minimum Gasteiger partial charge on any atom is -0.288 e. The van der Waals surface area contributed by atoms with Gasteiger partial charge in [-0.2, -0.15) is 0 Å². The van der Waals surface area contributed by atoms with E-state index in [9.17, 15) is 0 Å². The average Bonchev–Trinajstić information content (AvgIpc) is 2.41. The van der Waals surface area contributed by atoms with Crippen molar-refractivity contribution in [2.75, 3.05) is 27.2 Å². The van der Waals surface area contributed by atoms with Crippen LogP contribution in [-0.4, -0.2) is 42.6 Å². The van der Waals surface area contributed by atoms with Gasteiger partial charge in [-0.05, 0) is 59.3 Å². The van der Waals surface area contributed by atoms with Gasteiger partial charge in [0.1, 0.15) is 0 Å². The molecule has 0 amide bonds. The summed E-state index contributed by atoms with van der Waals surface area (Å²) < 4.78 is 0. The highest BCUT2D eigenvalue weighted by atomic mass is 15.4. The first kappa shape index (κ1) is 8.52. The van der Waals surface area contributed by atoms with Gasteiger partial charge in [0, 0.05) is 0 Å². The zero-order valence-electron chi connectivity index (χ0n) is 8.34. The van der Waals surface area contributed by atoms with Crippen LogP contribution in [-0.2, 0) is 0 Å². The van der Waals surface area contributed by atoms with Crippen molar-refractivity contribution < 1.29 is 0 Å². The Balaban J connectivity index is 2.15. The first-order chi connectivity index (χ1) is 5.76. The average molecular weight is 168 g/mol. The Morgan fingerprint density at radius 1 is 0.833 bits per heavy atom. The van der Waals surface area contributed by atoms with E-state index in [1.807, 2.05) is 0 Å². The van der Waals surface area contributed by atoms with Gasteiger partial charge in [-0.1, -0.05) is 0 Å². The summed E-state index contributed by atoms with van der Waals surface area (Å²) >= 11 is 0. The van der Waals surface area contributed by atoms with E-state index in [1.54, 1.807) is 0 Å². The Hall–Kier alpha value is -0.0800. The summed E-state index contributed by atoms with van der Waals surface area (Å²) in [7, 11) is 4.58. The van der Waals surface area contributed by atoms with Crippen LogP contribution >= 0.6 is 0 Å². The summed E-state index contributed by atoms with van der Waals surface area (Å²) in [6, 6.07) is 0. The van der Waals surface area contributed by atoms with Crippen molar-refractivity contribution in [2.24, 2.45) is 0 Å². The van der Waals surface area contributed by atoms with Crippen LogP contribution in [0.25, 0.3) is 0 Å². The van der Waals surface area contributed by atoms with Crippen LogP contribution in [0.2, 0.25) is 0 Å². The third-order valence-corrected chi connectivity index (χ3v) is 3.81. The van der Waals surface area contributed by atoms with Gasteiger partial charge in [0.05, 0.1) is 5.66 Å². The first-order valence-electron chi connectivity index (χ1n) is 5.18. The van der Waals surface area contributed by atoms with Crippen LogP contribution in [0.3, 0.4) is 0 Å². The monoisotopic (exact) mass is 168 g/mol. The zero-order chi connectivity index (χ0) is 8.60. The molecule has 0 saturated carbocycles. The smallest absolute Gasteiger partial charge is 0.0733 e. The van der Waals surface area contributed by atoms with Crippen LogP contribution in [0, 0.1) is 0 Å². The molecule has 12 heavy (non-hydrogen) atoms. The minimum absolute atomic E-state index is 0.457. The van der Waals surface area contributed by atoms with Gasteiger partial charge in [-0.3, -0.25) is 9.80 Å². The van der Waals surface area contributed by atoms with E-state index in [0.717, 1.165) is 0 Å². The highest BCUT2D eigenvalue weighted by Crippen LogP contribution is 2.37. The van der Waals surface area contributed by atoms with Crippen molar-refractivity contribution in [3.05, 3.63) is 0 Å². The van der Waals surface area contributed by atoms with Gasteiger partial charge >= 0.3 is 0 Å². The SMILES string of the molecule is CN1CCCCC12CCCN2C. The van der Waals surface area contributed by atoms with E-state index in [-0.39, 0.29) is 0 Å². The van der Waals surface area contributed by atoms with Gasteiger partial charge in [-0.25, -0.2) is 0 Å². The number of rotatable bonds is 0. The largest absolute Gasteiger partial charge is 0.288 e. The normalized spacial score (nSPS) is 39.5. The molecule has 2 nitrogen and oxygen atoms in total. The minimum atomic E-state index is 0.457. The molecular weight excluding hydrogens is 148 g/mol. The third-order valence-electron chi connectivity index (χ3n) is 3.81. The molecule has 1 unspecified atom stereocenters. The van der Waals surface area contributed by atoms with E-state index < -0.39 is 0 Å². The lowest BCUT2D eigenvalue weighted by molar-refractivity contribution is -0.0284. The van der Waals surface area contributed by atoms with E-state index in [1.165, 1.54) is 45.2 Å². The molecule has 0 aromatic carbocycles. The van der Waals surface area contributed by atoms with E-state index >= 15 is 0 Å². The molecule has 2 aliphatic rings. The predicted octanol–water partition coefficient (Wildman–Crippen LogP) is 1.52. The summed E-state index contributed by atoms with van der Waals surface area (Å²) in [4.78, 5) is 5.13. The van der Waals surface area contributed by atoms with Crippen LogP contribution < -0.4 is 0 Å². The lowest BCUT2D eigenvalue weighted by atomic mass is 9.93. The molecule has 2 heterocycles. The molecule has 2 heteroatoms. The number of hydrogen-bond donors (Lipinski definition) is 0. The molecule has 2 aliphatic heterocycles. The zero-order valence-corrected chi connectivity index (χ0v) is 8.34. The number of piperidine rings is 1. The number of nitrogens with zero attached hydrogens (tertiary/aromatic N) is 2. The molecule has 0 aromatic rings. The Labute approximate surface area is 75.5 Å². The lowest BCUT2D eigenvalue weighted by Crippen LogP contribution is -2.56. The summed E-state index contributed by atoms with van der Waals surface area (Å²) in [6.45, 7) is 2.59. The van der Waals surface area contributed by atoms with Gasteiger partial charge in [0.25, 0.3) is 0 Å². The molecule has 0 N–H and O–H groups in total. The van der Waals surface area contributed by atoms with Gasteiger partial charge in [0.15, 0.2) is 0 Å². The second kappa shape index (κ2) is 3.00. The van der Waals surface area contributed by atoms with Crippen molar-refractivity contribution in [1.29, 1.82) is 0 Å². The van der Waals surface area contributed by atoms with Crippen molar-refractivity contribution >= 4 is 0 Å². The molecule has 0 bridgehead atoms. The standard InChI is InChI=1S/C10H20N2/c1-11-8-4-3-6-10(11)7-5-9-12(10)2/h3-9H2,1-2H3. The van der Waals surface area contributed by atoms with Crippen molar-refractivity contribution in [1.82, 2.24) is 9.80 Å². The summed E-state index contributed by atoms with van der Waals surface area (Å²) in [5.74, 6) is 0. The maximum atomic E-state index is 2.57. The molecular formula is C10H20N2. The molecule has 1 atom stereocenters. The van der Waals surface area contributed by atoms with Crippen LogP contribution in [0.5, 0.6) is 0 Å².